The summed E-state index contributed by atoms with van der Waals surface area (Å²) in [6, 6.07) is 0. The lowest BCUT2D eigenvalue weighted by Crippen LogP contribution is -2.65. The molecular formula is C20H32O4. The average molecular weight is 336 g/mol. The summed E-state index contributed by atoms with van der Waals surface area (Å²) in [6.07, 6.45) is 6.54. The van der Waals surface area contributed by atoms with Gasteiger partial charge in [0.05, 0.1) is 11.7 Å². The van der Waals surface area contributed by atoms with Crippen LogP contribution in [0.4, 0.5) is 0 Å². The van der Waals surface area contributed by atoms with Crippen molar-refractivity contribution < 1.29 is 19.7 Å². The highest BCUT2D eigenvalue weighted by Crippen LogP contribution is 2.64. The van der Waals surface area contributed by atoms with E-state index in [1.165, 1.54) is 0 Å². The molecule has 0 saturated heterocycles. The molecule has 0 bridgehead atoms. The van der Waals surface area contributed by atoms with E-state index in [0.29, 0.717) is 24.9 Å². The third-order valence-corrected chi connectivity index (χ3v) is 8.03. The molecule has 1 aliphatic heterocycles. The van der Waals surface area contributed by atoms with Gasteiger partial charge in [0, 0.05) is 11.5 Å². The number of carbonyl (C=O) groups excluding carboxylic acids is 1. The van der Waals surface area contributed by atoms with Crippen LogP contribution in [-0.2, 0) is 9.53 Å². The summed E-state index contributed by atoms with van der Waals surface area (Å²) < 4.78 is 5.03. The van der Waals surface area contributed by atoms with Gasteiger partial charge in [-0.1, -0.05) is 20.8 Å². The minimum Gasteiger partial charge on any atom is -0.458 e. The Morgan fingerprint density at radius 2 is 1.96 bits per heavy atom. The van der Waals surface area contributed by atoms with Crippen molar-refractivity contribution in [3.8, 4) is 0 Å². The predicted molar refractivity (Wildman–Crippen MR) is 92.2 cm³/mol. The molecule has 0 unspecified atom stereocenters. The van der Waals surface area contributed by atoms with E-state index in [1.54, 1.807) is 6.08 Å². The zero-order valence-electron chi connectivity index (χ0n) is 15.5. The molecule has 0 aromatic carbocycles. The molecule has 3 rings (SSSR count). The van der Waals surface area contributed by atoms with Gasteiger partial charge in [0.1, 0.15) is 6.61 Å². The largest absolute Gasteiger partial charge is 0.458 e. The van der Waals surface area contributed by atoms with Crippen LogP contribution >= 0.6 is 0 Å². The van der Waals surface area contributed by atoms with Gasteiger partial charge in [-0.2, -0.15) is 0 Å². The molecule has 0 spiro atoms. The van der Waals surface area contributed by atoms with Gasteiger partial charge in [-0.25, -0.2) is 4.79 Å². The number of hydrogen-bond acceptors (Lipinski definition) is 4. The molecule has 0 radical (unpaired) electrons. The van der Waals surface area contributed by atoms with Gasteiger partial charge in [0.15, 0.2) is 0 Å². The van der Waals surface area contributed by atoms with Crippen molar-refractivity contribution in [3.05, 3.63) is 11.6 Å². The van der Waals surface area contributed by atoms with Gasteiger partial charge < -0.3 is 14.9 Å². The molecule has 2 N–H and O–H groups in total. The molecule has 24 heavy (non-hydrogen) atoms. The van der Waals surface area contributed by atoms with Crippen LogP contribution in [0.25, 0.3) is 0 Å². The van der Waals surface area contributed by atoms with Gasteiger partial charge in [-0.3, -0.25) is 0 Å². The van der Waals surface area contributed by atoms with Gasteiger partial charge in [0.2, 0.25) is 0 Å². The first-order valence-electron chi connectivity index (χ1n) is 9.38. The Hall–Kier alpha value is -0.870. The van der Waals surface area contributed by atoms with Crippen molar-refractivity contribution in [1.29, 1.82) is 0 Å². The number of rotatable bonds is 3. The lowest BCUT2D eigenvalue weighted by atomic mass is 9.43. The van der Waals surface area contributed by atoms with Crippen LogP contribution in [0.2, 0.25) is 0 Å². The summed E-state index contributed by atoms with van der Waals surface area (Å²) in [6.45, 7) is 9.11. The monoisotopic (exact) mass is 336 g/mol. The molecule has 0 aromatic rings. The Morgan fingerprint density at radius 1 is 1.25 bits per heavy atom. The molecule has 3 aliphatic rings. The Bertz CT molecular complexity index is 552. The number of hydrogen-bond donors (Lipinski definition) is 2. The van der Waals surface area contributed by atoms with E-state index in [-0.39, 0.29) is 16.8 Å². The van der Waals surface area contributed by atoms with Crippen molar-refractivity contribution in [2.45, 2.75) is 77.9 Å². The number of carbonyl (C=O) groups is 1. The molecule has 4 nitrogen and oxygen atoms in total. The van der Waals surface area contributed by atoms with Crippen LogP contribution in [0.3, 0.4) is 0 Å². The summed E-state index contributed by atoms with van der Waals surface area (Å²) >= 11 is 0. The number of cyclic esters (lactones) is 1. The topological polar surface area (TPSA) is 66.8 Å². The van der Waals surface area contributed by atoms with Gasteiger partial charge in [-0.15, -0.1) is 0 Å². The number of fused-ring (bicyclic) bond motifs is 1. The van der Waals surface area contributed by atoms with Crippen molar-refractivity contribution in [2.75, 3.05) is 6.61 Å². The van der Waals surface area contributed by atoms with Crippen LogP contribution in [0.1, 0.15) is 66.2 Å². The first-order chi connectivity index (χ1) is 11.1. The van der Waals surface area contributed by atoms with Crippen LogP contribution in [0.5, 0.6) is 0 Å². The number of aliphatic hydroxyl groups is 2. The quantitative estimate of drug-likeness (QED) is 0.777. The van der Waals surface area contributed by atoms with E-state index in [4.69, 9.17) is 4.74 Å². The molecular weight excluding hydrogens is 304 g/mol. The lowest BCUT2D eigenvalue weighted by Gasteiger charge is -2.64. The van der Waals surface area contributed by atoms with E-state index < -0.39 is 11.7 Å². The third kappa shape index (κ3) is 2.53. The highest BCUT2D eigenvalue weighted by Gasteiger charge is 2.62. The van der Waals surface area contributed by atoms with Gasteiger partial charge >= 0.3 is 5.97 Å². The van der Waals surface area contributed by atoms with E-state index in [2.05, 4.69) is 20.8 Å². The molecule has 2 fully saturated rings. The Labute approximate surface area is 145 Å². The van der Waals surface area contributed by atoms with Crippen molar-refractivity contribution in [2.24, 2.45) is 22.7 Å². The second kappa shape index (κ2) is 5.84. The van der Waals surface area contributed by atoms with Crippen LogP contribution in [-0.4, -0.2) is 34.5 Å². The zero-order chi connectivity index (χ0) is 17.8. The fourth-order valence-corrected chi connectivity index (χ4v) is 5.74. The van der Waals surface area contributed by atoms with Crippen LogP contribution in [0.15, 0.2) is 11.6 Å². The average Bonchev–Trinajstić information content (AvgIpc) is 2.93. The van der Waals surface area contributed by atoms with Crippen molar-refractivity contribution in [3.63, 3.8) is 0 Å². The van der Waals surface area contributed by atoms with E-state index in [9.17, 15) is 15.0 Å². The Balaban J connectivity index is 1.85. The normalized spacial score (nSPS) is 48.7. The first-order valence-corrected chi connectivity index (χ1v) is 9.38. The number of esters is 1. The van der Waals surface area contributed by atoms with Crippen molar-refractivity contribution >= 4 is 5.97 Å². The molecule has 0 amide bonds. The minimum absolute atomic E-state index is 0.101. The Morgan fingerprint density at radius 3 is 2.58 bits per heavy atom. The summed E-state index contributed by atoms with van der Waals surface area (Å²) in [5.41, 5.74) is -0.113. The second-order valence-electron chi connectivity index (χ2n) is 9.07. The zero-order valence-corrected chi connectivity index (χ0v) is 15.5. The smallest absolute Gasteiger partial charge is 0.331 e. The predicted octanol–water partition coefficient (Wildman–Crippen LogP) is 3.21. The standard InChI is InChI=1S/C20H32O4/c1-13-7-10-19(3)15(5-6-16(21)20(19,4)23)18(13,2)9-8-14-11-17(22)24-12-14/h11,13,15-16,21,23H,5-10,12H2,1-4H3/t13-,15-,16-,18+,19+,20+/m1/s1. The molecule has 2 aliphatic carbocycles. The van der Waals surface area contributed by atoms with Gasteiger partial charge in [-0.05, 0) is 68.3 Å². The van der Waals surface area contributed by atoms with Crippen LogP contribution in [0, 0.1) is 22.7 Å². The van der Waals surface area contributed by atoms with E-state index >= 15 is 0 Å². The molecule has 6 atom stereocenters. The molecule has 2 saturated carbocycles. The van der Waals surface area contributed by atoms with Crippen LogP contribution < -0.4 is 0 Å². The second-order valence-corrected chi connectivity index (χ2v) is 9.07. The summed E-state index contributed by atoms with van der Waals surface area (Å²) in [7, 11) is 0. The fourth-order valence-electron chi connectivity index (χ4n) is 5.74. The minimum atomic E-state index is -1.04. The summed E-state index contributed by atoms with van der Waals surface area (Å²) in [5.74, 6) is 0.728. The SMILES string of the molecule is C[C@@H]1CC[C@@]2(C)[C@H](CC[C@@H](O)[C@]2(C)O)[C@@]1(C)CCC1=CC(=O)OC1. The molecule has 4 heteroatoms. The fraction of sp³-hybridized carbons (Fsp3) is 0.850. The number of aliphatic hydroxyl groups excluding tert-OH is 1. The highest BCUT2D eigenvalue weighted by atomic mass is 16.5. The highest BCUT2D eigenvalue weighted by molar-refractivity contribution is 5.85. The summed E-state index contributed by atoms with van der Waals surface area (Å²) in [5, 5.41) is 21.5. The molecule has 1 heterocycles. The van der Waals surface area contributed by atoms with Gasteiger partial charge in [0.25, 0.3) is 0 Å². The lowest BCUT2D eigenvalue weighted by molar-refractivity contribution is -0.235. The molecule has 0 aromatic heterocycles. The third-order valence-electron chi connectivity index (χ3n) is 8.03. The van der Waals surface area contributed by atoms with E-state index in [1.807, 2.05) is 6.92 Å². The number of ether oxygens (including phenoxy) is 1. The molecule has 136 valence electrons. The maximum Gasteiger partial charge on any atom is 0.331 e. The maximum atomic E-state index is 11.3. The summed E-state index contributed by atoms with van der Waals surface area (Å²) in [4.78, 5) is 11.3. The van der Waals surface area contributed by atoms with E-state index in [0.717, 1.165) is 37.7 Å². The Kier molecular flexibility index (Phi) is 4.37. The first kappa shape index (κ1) is 17.9. The van der Waals surface area contributed by atoms with Crippen molar-refractivity contribution in [1.82, 2.24) is 0 Å². The maximum absolute atomic E-state index is 11.3.